The third kappa shape index (κ3) is 3.17. The second-order valence-corrected chi connectivity index (χ2v) is 7.49. The quantitative estimate of drug-likeness (QED) is 0.879. The minimum absolute atomic E-state index is 0.210. The first-order valence-corrected chi connectivity index (χ1v) is 8.35. The van der Waals surface area contributed by atoms with Gasteiger partial charge in [-0.1, -0.05) is 15.9 Å². The number of hydrogen-bond donors (Lipinski definition) is 1. The van der Waals surface area contributed by atoms with Crippen molar-refractivity contribution in [1.29, 1.82) is 0 Å². The van der Waals surface area contributed by atoms with Gasteiger partial charge in [0, 0.05) is 37.2 Å². The standard InChI is InChI=1S/C12H18BrN3O2S/c1-15-4-6-16(7-5-15)19(17,18)12-3-2-11(13)8-10(12)9-14/h2-3,8H,4-7,9,14H2,1H3. The van der Waals surface area contributed by atoms with Crippen LogP contribution in [0.1, 0.15) is 5.56 Å². The number of hydrogen-bond acceptors (Lipinski definition) is 4. The number of sulfonamides is 1. The molecule has 1 aliphatic rings. The van der Waals surface area contributed by atoms with Crippen molar-refractivity contribution in [1.82, 2.24) is 9.21 Å². The normalized spacial score (nSPS) is 18.7. The molecular weight excluding hydrogens is 330 g/mol. The molecule has 5 nitrogen and oxygen atoms in total. The first kappa shape index (κ1) is 14.9. The molecule has 2 N–H and O–H groups in total. The van der Waals surface area contributed by atoms with Gasteiger partial charge in [-0.25, -0.2) is 8.42 Å². The van der Waals surface area contributed by atoms with E-state index < -0.39 is 10.0 Å². The van der Waals surface area contributed by atoms with Gasteiger partial charge in [0.15, 0.2) is 0 Å². The minimum atomic E-state index is -3.44. The SMILES string of the molecule is CN1CCN(S(=O)(=O)c2ccc(Br)cc2CN)CC1. The molecule has 1 aromatic carbocycles. The molecule has 7 heteroatoms. The van der Waals surface area contributed by atoms with Crippen LogP contribution in [0, 0.1) is 0 Å². The maximum atomic E-state index is 12.6. The lowest BCUT2D eigenvalue weighted by Gasteiger charge is -2.32. The lowest BCUT2D eigenvalue weighted by Crippen LogP contribution is -2.47. The summed E-state index contributed by atoms with van der Waals surface area (Å²) in [7, 11) is -1.44. The van der Waals surface area contributed by atoms with Crippen LogP contribution in [0.25, 0.3) is 0 Å². The third-order valence-corrected chi connectivity index (χ3v) is 5.81. The van der Waals surface area contributed by atoms with E-state index in [9.17, 15) is 8.42 Å². The molecule has 1 heterocycles. The van der Waals surface area contributed by atoms with Crippen LogP contribution < -0.4 is 5.73 Å². The van der Waals surface area contributed by atoms with Gasteiger partial charge in [0.2, 0.25) is 10.0 Å². The number of nitrogens with zero attached hydrogens (tertiary/aromatic N) is 2. The Bertz CT molecular complexity index is 554. The van der Waals surface area contributed by atoms with Gasteiger partial charge in [0.1, 0.15) is 0 Å². The third-order valence-electron chi connectivity index (χ3n) is 3.32. The van der Waals surface area contributed by atoms with Crippen molar-refractivity contribution in [3.05, 3.63) is 28.2 Å². The molecule has 1 saturated heterocycles. The van der Waals surface area contributed by atoms with Crippen molar-refractivity contribution in [3.63, 3.8) is 0 Å². The fourth-order valence-corrected chi connectivity index (χ4v) is 4.17. The summed E-state index contributed by atoms with van der Waals surface area (Å²) in [6.45, 7) is 2.78. The topological polar surface area (TPSA) is 66.6 Å². The highest BCUT2D eigenvalue weighted by atomic mass is 79.9. The van der Waals surface area contributed by atoms with Gasteiger partial charge in [0.25, 0.3) is 0 Å². The van der Waals surface area contributed by atoms with E-state index in [-0.39, 0.29) is 6.54 Å². The summed E-state index contributed by atoms with van der Waals surface area (Å²) >= 11 is 3.34. The first-order valence-electron chi connectivity index (χ1n) is 6.12. The van der Waals surface area contributed by atoms with Crippen LogP contribution in [0.15, 0.2) is 27.6 Å². The minimum Gasteiger partial charge on any atom is -0.326 e. The van der Waals surface area contributed by atoms with Crippen LogP contribution >= 0.6 is 15.9 Å². The Morgan fingerprint density at radius 1 is 1.26 bits per heavy atom. The first-order chi connectivity index (χ1) is 8.95. The maximum absolute atomic E-state index is 12.6. The number of piperazine rings is 1. The molecule has 0 bridgehead atoms. The molecule has 2 rings (SSSR count). The van der Waals surface area contributed by atoms with Gasteiger partial charge in [-0.2, -0.15) is 4.31 Å². The predicted octanol–water partition coefficient (Wildman–Crippen LogP) is 0.844. The summed E-state index contributed by atoms with van der Waals surface area (Å²) in [4.78, 5) is 2.44. The van der Waals surface area contributed by atoms with E-state index in [2.05, 4.69) is 20.8 Å². The highest BCUT2D eigenvalue weighted by Gasteiger charge is 2.29. The highest BCUT2D eigenvalue weighted by Crippen LogP contribution is 2.24. The van der Waals surface area contributed by atoms with Crippen molar-refractivity contribution in [3.8, 4) is 0 Å². The molecule has 0 radical (unpaired) electrons. The van der Waals surface area contributed by atoms with E-state index in [0.717, 1.165) is 17.6 Å². The Kier molecular flexibility index (Phi) is 4.62. The van der Waals surface area contributed by atoms with E-state index in [1.54, 1.807) is 18.2 Å². The molecule has 0 aliphatic carbocycles. The van der Waals surface area contributed by atoms with Gasteiger partial charge in [-0.05, 0) is 30.8 Å². The van der Waals surface area contributed by atoms with Crippen molar-refractivity contribution in [2.45, 2.75) is 11.4 Å². The number of halogens is 1. The van der Waals surface area contributed by atoms with E-state index in [1.165, 1.54) is 4.31 Å². The van der Waals surface area contributed by atoms with Crippen LogP contribution in [0.4, 0.5) is 0 Å². The predicted molar refractivity (Wildman–Crippen MR) is 78.3 cm³/mol. The average Bonchev–Trinajstić information content (AvgIpc) is 2.38. The molecule has 0 spiro atoms. The number of rotatable bonds is 3. The smallest absolute Gasteiger partial charge is 0.243 e. The van der Waals surface area contributed by atoms with E-state index in [4.69, 9.17) is 5.73 Å². The second-order valence-electron chi connectivity index (χ2n) is 4.66. The summed E-state index contributed by atoms with van der Waals surface area (Å²) in [5, 5.41) is 0. The molecule has 106 valence electrons. The van der Waals surface area contributed by atoms with E-state index >= 15 is 0 Å². The summed E-state index contributed by atoms with van der Waals surface area (Å²) in [5.74, 6) is 0. The van der Waals surface area contributed by atoms with Crippen LogP contribution in [0.2, 0.25) is 0 Å². The van der Waals surface area contributed by atoms with Gasteiger partial charge >= 0.3 is 0 Å². The van der Waals surface area contributed by atoms with E-state index in [0.29, 0.717) is 23.5 Å². The highest BCUT2D eigenvalue weighted by molar-refractivity contribution is 9.10. The summed E-state index contributed by atoms with van der Waals surface area (Å²) in [6, 6.07) is 5.13. The fourth-order valence-electron chi connectivity index (χ4n) is 2.13. The lowest BCUT2D eigenvalue weighted by molar-refractivity contribution is 0.222. The van der Waals surface area contributed by atoms with Crippen molar-refractivity contribution < 1.29 is 8.42 Å². The van der Waals surface area contributed by atoms with Crippen molar-refractivity contribution in [2.24, 2.45) is 5.73 Å². The second kappa shape index (κ2) is 5.88. The summed E-state index contributed by atoms with van der Waals surface area (Å²) in [6.07, 6.45) is 0. The van der Waals surface area contributed by atoms with Gasteiger partial charge in [-0.3, -0.25) is 0 Å². The Hall–Kier alpha value is -0.470. The average molecular weight is 348 g/mol. The van der Waals surface area contributed by atoms with Crippen LogP contribution in [0.3, 0.4) is 0 Å². The number of likely N-dealkylation sites (N-methyl/N-ethyl adjacent to an activating group) is 1. The van der Waals surface area contributed by atoms with Crippen LogP contribution in [-0.2, 0) is 16.6 Å². The Morgan fingerprint density at radius 2 is 1.89 bits per heavy atom. The molecule has 0 amide bonds. The lowest BCUT2D eigenvalue weighted by atomic mass is 10.2. The zero-order valence-electron chi connectivity index (χ0n) is 10.8. The molecule has 1 aromatic rings. The molecule has 1 aliphatic heterocycles. The molecule has 0 aromatic heterocycles. The van der Waals surface area contributed by atoms with E-state index in [1.807, 2.05) is 7.05 Å². The zero-order valence-corrected chi connectivity index (χ0v) is 13.2. The molecule has 0 unspecified atom stereocenters. The monoisotopic (exact) mass is 347 g/mol. The molecular formula is C12H18BrN3O2S. The van der Waals surface area contributed by atoms with Gasteiger partial charge in [-0.15, -0.1) is 0 Å². The Balaban J connectivity index is 2.34. The molecule has 19 heavy (non-hydrogen) atoms. The molecule has 0 atom stereocenters. The molecule has 1 fully saturated rings. The van der Waals surface area contributed by atoms with Crippen LogP contribution in [0.5, 0.6) is 0 Å². The summed E-state index contributed by atoms with van der Waals surface area (Å²) < 4.78 is 27.6. The largest absolute Gasteiger partial charge is 0.326 e. The number of nitrogens with two attached hydrogens (primary N) is 1. The van der Waals surface area contributed by atoms with Gasteiger partial charge < -0.3 is 10.6 Å². The molecule has 0 saturated carbocycles. The number of benzene rings is 1. The fraction of sp³-hybridized carbons (Fsp3) is 0.500. The Morgan fingerprint density at radius 3 is 2.47 bits per heavy atom. The summed E-state index contributed by atoms with van der Waals surface area (Å²) in [5.41, 5.74) is 6.30. The Labute approximate surface area is 122 Å². The van der Waals surface area contributed by atoms with Crippen LogP contribution in [-0.4, -0.2) is 50.8 Å². The van der Waals surface area contributed by atoms with Crippen molar-refractivity contribution in [2.75, 3.05) is 33.2 Å². The maximum Gasteiger partial charge on any atom is 0.243 e. The zero-order chi connectivity index (χ0) is 14.0. The van der Waals surface area contributed by atoms with Gasteiger partial charge in [0.05, 0.1) is 4.90 Å². The van der Waals surface area contributed by atoms with Crippen molar-refractivity contribution >= 4 is 26.0 Å².